The minimum absolute atomic E-state index is 0.0511. The number of likely N-dealkylation sites (tertiary alicyclic amines) is 1. The Hall–Kier alpha value is -3.81. The molecule has 1 aliphatic carbocycles. The number of aryl methyl sites for hydroxylation is 1. The lowest BCUT2D eigenvalue weighted by Gasteiger charge is -2.54. The number of fused-ring (bicyclic) bond motifs is 1. The molecule has 5 rings (SSSR count). The Morgan fingerprint density at radius 1 is 1.20 bits per heavy atom. The van der Waals surface area contributed by atoms with Crippen LogP contribution >= 0.6 is 0 Å². The Balaban J connectivity index is 1.30. The highest BCUT2D eigenvalue weighted by atomic mass is 19.3. The first-order valence-corrected chi connectivity index (χ1v) is 13.4. The number of nitrogens with one attached hydrogen (secondary N) is 1. The van der Waals surface area contributed by atoms with Crippen LogP contribution in [0.2, 0.25) is 0 Å². The molecule has 0 radical (unpaired) electrons. The van der Waals surface area contributed by atoms with Crippen molar-refractivity contribution in [2.75, 3.05) is 36.4 Å². The molecule has 40 heavy (non-hydrogen) atoms. The van der Waals surface area contributed by atoms with Crippen LogP contribution in [0.4, 0.5) is 29.6 Å². The highest BCUT2D eigenvalue weighted by molar-refractivity contribution is 5.91. The van der Waals surface area contributed by atoms with E-state index >= 15 is 0 Å². The van der Waals surface area contributed by atoms with Gasteiger partial charge in [-0.25, -0.2) is 32.9 Å². The summed E-state index contributed by atoms with van der Waals surface area (Å²) >= 11 is 0. The Kier molecular flexibility index (Phi) is 7.15. The molecule has 2 aliphatic heterocycles. The monoisotopic (exact) mass is 554 g/mol. The minimum atomic E-state index is -2.98. The molecular formula is C29H33F3N6O2. The maximum atomic E-state index is 14.8. The lowest BCUT2D eigenvalue weighted by Crippen LogP contribution is -2.61. The highest BCUT2D eigenvalue weighted by Crippen LogP contribution is 2.43. The number of anilines is 2. The summed E-state index contributed by atoms with van der Waals surface area (Å²) in [5.41, 5.74) is 4.13. The van der Waals surface area contributed by atoms with Gasteiger partial charge in [0, 0.05) is 42.6 Å². The third-order valence-corrected chi connectivity index (χ3v) is 7.49. The lowest BCUT2D eigenvalue weighted by atomic mass is 9.72. The van der Waals surface area contributed by atoms with Crippen LogP contribution in [0.1, 0.15) is 46.4 Å². The summed E-state index contributed by atoms with van der Waals surface area (Å²) in [6.45, 7) is 12.0. The standard InChI is InChI=1S/C29H33F3N6O2/c1-17(19-7-6-8-20(24(19)30)25(31)32)34-26-21-13-23(33-14-22(21)35-18(2)36-26)38-15-29(16-38)9-11-37(12-10-29)27(39)40-28(3,4)5/h7,13-14,17,25H,9-12,15-16H2,1-5H3,(H,34,35,36)/t17-/m1/s1. The van der Waals surface area contributed by atoms with Gasteiger partial charge in [0.15, 0.2) is 0 Å². The van der Waals surface area contributed by atoms with Gasteiger partial charge < -0.3 is 19.9 Å². The van der Waals surface area contributed by atoms with E-state index in [1.54, 1.807) is 24.9 Å². The number of piperidine rings is 1. The van der Waals surface area contributed by atoms with Crippen molar-refractivity contribution in [1.82, 2.24) is 19.9 Å². The van der Waals surface area contributed by atoms with E-state index in [0.29, 0.717) is 35.6 Å². The molecule has 2 aromatic heterocycles. The number of hydrogen-bond donors (Lipinski definition) is 1. The van der Waals surface area contributed by atoms with E-state index in [9.17, 15) is 18.0 Å². The van der Waals surface area contributed by atoms with Crippen LogP contribution in [0, 0.1) is 12.3 Å². The van der Waals surface area contributed by atoms with Crippen LogP contribution in [-0.4, -0.2) is 70.2 Å². The molecule has 8 nitrogen and oxygen atoms in total. The quantitative estimate of drug-likeness (QED) is 0.474. The number of halogens is 3. The maximum absolute atomic E-state index is 14.8. The summed E-state index contributed by atoms with van der Waals surface area (Å²) in [4.78, 5) is 30.0. The van der Waals surface area contributed by atoms with Gasteiger partial charge in [0.1, 0.15) is 34.5 Å². The fourth-order valence-electron chi connectivity index (χ4n) is 5.37. The number of carbonyl (C=O) groups excluding carboxylic acids is 1. The van der Waals surface area contributed by atoms with Crippen molar-refractivity contribution < 1.29 is 22.7 Å². The summed E-state index contributed by atoms with van der Waals surface area (Å²) in [6.07, 6.45) is 1.53. The normalized spacial score (nSPS) is 19.3. The zero-order valence-corrected chi connectivity index (χ0v) is 23.3. The zero-order chi connectivity index (χ0) is 28.8. The molecule has 1 spiro atoms. The molecule has 0 bridgehead atoms. The van der Waals surface area contributed by atoms with Crippen molar-refractivity contribution in [1.29, 1.82) is 0 Å². The smallest absolute Gasteiger partial charge is 0.410 e. The van der Waals surface area contributed by atoms with Crippen molar-refractivity contribution >= 4 is 28.6 Å². The minimum Gasteiger partial charge on any atom is -0.444 e. The second kappa shape index (κ2) is 10.3. The molecule has 0 unspecified atom stereocenters. The van der Waals surface area contributed by atoms with E-state index < -0.39 is 29.5 Å². The predicted molar refractivity (Wildman–Crippen MR) is 146 cm³/mol. The average molecular weight is 555 g/mol. The van der Waals surface area contributed by atoms with Gasteiger partial charge in [-0.2, -0.15) is 0 Å². The molecular weight excluding hydrogens is 521 g/mol. The summed E-state index contributed by atoms with van der Waals surface area (Å²) in [6, 6.07) is 1.23. The van der Waals surface area contributed by atoms with Crippen LogP contribution in [0.5, 0.6) is 0 Å². The number of ether oxygens (including phenoxy) is 1. The molecule has 2 aromatic rings. The number of pyridine rings is 1. The molecule has 0 aromatic carbocycles. The number of alkyl halides is 2. The summed E-state index contributed by atoms with van der Waals surface area (Å²) in [7, 11) is 0. The van der Waals surface area contributed by atoms with E-state index in [1.807, 2.05) is 26.8 Å². The van der Waals surface area contributed by atoms with Crippen molar-refractivity contribution in [3.05, 3.63) is 52.6 Å². The van der Waals surface area contributed by atoms with Gasteiger partial charge in [0.25, 0.3) is 6.43 Å². The Morgan fingerprint density at radius 3 is 2.55 bits per heavy atom. The fourth-order valence-corrected chi connectivity index (χ4v) is 5.37. The number of allylic oxidation sites excluding steroid dienone is 2. The van der Waals surface area contributed by atoms with Crippen molar-refractivity contribution in [3.8, 4) is 0 Å². The first kappa shape index (κ1) is 27.7. The highest BCUT2D eigenvalue weighted by Gasteiger charge is 2.46. The molecule has 11 heteroatoms. The molecule has 2 fully saturated rings. The summed E-state index contributed by atoms with van der Waals surface area (Å²) < 4.78 is 46.7. The van der Waals surface area contributed by atoms with Gasteiger partial charge in [0.2, 0.25) is 0 Å². The van der Waals surface area contributed by atoms with Gasteiger partial charge in [-0.1, -0.05) is 11.5 Å². The molecule has 1 N–H and O–H groups in total. The first-order valence-electron chi connectivity index (χ1n) is 13.4. The van der Waals surface area contributed by atoms with Crippen LogP contribution < -0.4 is 10.2 Å². The zero-order valence-electron chi connectivity index (χ0n) is 23.3. The van der Waals surface area contributed by atoms with E-state index in [2.05, 4.69) is 36.6 Å². The Morgan fingerprint density at radius 2 is 1.90 bits per heavy atom. The SMILES string of the molecule is Cc1nc(N[C@H](C)C2=C(F)C(C(F)F)=C=C=C2)c2cc(N3CC4(CCN(C(=O)OC(C)(C)C)CC4)C3)ncc2n1. The second-order valence-electron chi connectivity index (χ2n) is 11.8. The van der Waals surface area contributed by atoms with Gasteiger partial charge in [-0.05, 0) is 59.6 Å². The topological polar surface area (TPSA) is 83.5 Å². The number of aromatic nitrogens is 3. The Bertz CT molecular complexity index is 1470. The van der Waals surface area contributed by atoms with Gasteiger partial charge in [0.05, 0.1) is 17.8 Å². The van der Waals surface area contributed by atoms with E-state index in [-0.39, 0.29) is 17.1 Å². The number of hydrogen-bond acceptors (Lipinski definition) is 7. The molecule has 0 saturated carbocycles. The number of amides is 1. The van der Waals surface area contributed by atoms with Crippen LogP contribution in [0.15, 0.2) is 46.8 Å². The molecule has 2 saturated heterocycles. The molecule has 1 amide bonds. The van der Waals surface area contributed by atoms with E-state index in [4.69, 9.17) is 4.74 Å². The van der Waals surface area contributed by atoms with Gasteiger partial charge in [-0.15, -0.1) is 0 Å². The third kappa shape index (κ3) is 5.58. The number of rotatable bonds is 5. The van der Waals surface area contributed by atoms with Crippen molar-refractivity contribution in [2.45, 2.75) is 65.5 Å². The van der Waals surface area contributed by atoms with Gasteiger partial charge in [-0.3, -0.25) is 0 Å². The third-order valence-electron chi connectivity index (χ3n) is 7.49. The van der Waals surface area contributed by atoms with Crippen molar-refractivity contribution in [2.24, 2.45) is 5.41 Å². The Labute approximate surface area is 231 Å². The lowest BCUT2D eigenvalue weighted by molar-refractivity contribution is 0.00589. The maximum Gasteiger partial charge on any atom is 0.410 e. The second-order valence-corrected chi connectivity index (χ2v) is 11.8. The molecule has 3 aliphatic rings. The number of carbonyl (C=O) groups is 1. The van der Waals surface area contributed by atoms with Crippen LogP contribution in [-0.2, 0) is 4.74 Å². The summed E-state index contributed by atoms with van der Waals surface area (Å²) in [5.74, 6) is 0.725. The van der Waals surface area contributed by atoms with Crippen LogP contribution in [0.25, 0.3) is 10.9 Å². The predicted octanol–water partition coefficient (Wildman–Crippen LogP) is 5.71. The summed E-state index contributed by atoms with van der Waals surface area (Å²) in [5, 5.41) is 3.87. The molecule has 212 valence electrons. The molecule has 4 heterocycles. The largest absolute Gasteiger partial charge is 0.444 e. The van der Waals surface area contributed by atoms with Gasteiger partial charge >= 0.3 is 6.09 Å². The van der Waals surface area contributed by atoms with E-state index in [0.717, 1.165) is 31.7 Å². The fraction of sp³-hybridized carbons (Fsp3) is 0.517. The van der Waals surface area contributed by atoms with E-state index in [1.165, 1.54) is 6.08 Å². The van der Waals surface area contributed by atoms with Crippen LogP contribution in [0.3, 0.4) is 0 Å². The first-order chi connectivity index (χ1) is 18.8. The average Bonchev–Trinajstić information content (AvgIpc) is 2.86. The van der Waals surface area contributed by atoms with Crippen molar-refractivity contribution in [3.63, 3.8) is 0 Å². The number of nitrogens with zero attached hydrogens (tertiary/aromatic N) is 5. The molecule has 1 atom stereocenters.